The summed E-state index contributed by atoms with van der Waals surface area (Å²) >= 11 is 0. The first-order valence-corrected chi connectivity index (χ1v) is 7.96. The number of hydrogen-bond acceptors (Lipinski definition) is 6. The molecule has 8 nitrogen and oxygen atoms in total. The van der Waals surface area contributed by atoms with Gasteiger partial charge in [0.1, 0.15) is 5.82 Å². The molecule has 23 heavy (non-hydrogen) atoms. The third-order valence-electron chi connectivity index (χ3n) is 5.34. The van der Waals surface area contributed by atoms with E-state index in [4.69, 9.17) is 5.73 Å². The maximum atomic E-state index is 12.4. The molecule has 122 valence electrons. The molecule has 2 saturated heterocycles. The average molecular weight is 315 g/mol. The van der Waals surface area contributed by atoms with Crippen molar-refractivity contribution in [1.29, 1.82) is 0 Å². The highest BCUT2D eigenvalue weighted by atomic mass is 16.2. The molecule has 2 fully saturated rings. The second-order valence-corrected chi connectivity index (χ2v) is 6.65. The number of nitrogens with two attached hydrogens (primary N) is 1. The predicted molar refractivity (Wildman–Crippen MR) is 86.9 cm³/mol. The molecule has 0 atom stereocenters. The minimum atomic E-state index is -0.169. The Morgan fingerprint density at radius 1 is 1.13 bits per heavy atom. The molecule has 0 bridgehead atoms. The Bertz CT molecular complexity index is 775. The number of rotatable bonds is 1. The van der Waals surface area contributed by atoms with E-state index < -0.39 is 0 Å². The van der Waals surface area contributed by atoms with Crippen LogP contribution in [0.15, 0.2) is 6.20 Å². The molecule has 0 unspecified atom stereocenters. The van der Waals surface area contributed by atoms with Crippen molar-refractivity contribution in [3.8, 4) is 0 Å². The molecular formula is C15H21N7O. The zero-order chi connectivity index (χ0) is 16.2. The van der Waals surface area contributed by atoms with Crippen LogP contribution in [0.1, 0.15) is 19.3 Å². The summed E-state index contributed by atoms with van der Waals surface area (Å²) in [5.74, 6) is 1.38. The van der Waals surface area contributed by atoms with Gasteiger partial charge in [0.25, 0.3) is 0 Å². The second-order valence-electron chi connectivity index (χ2n) is 6.65. The van der Waals surface area contributed by atoms with Crippen LogP contribution in [0, 0.1) is 5.41 Å². The molecule has 4 rings (SSSR count). The molecule has 0 saturated carbocycles. The van der Waals surface area contributed by atoms with Gasteiger partial charge in [0.2, 0.25) is 11.9 Å². The van der Waals surface area contributed by atoms with Crippen LogP contribution in [0.25, 0.3) is 11.0 Å². The summed E-state index contributed by atoms with van der Waals surface area (Å²) in [5.41, 5.74) is 6.44. The summed E-state index contributed by atoms with van der Waals surface area (Å²) in [5, 5.41) is 5.17. The quantitative estimate of drug-likeness (QED) is 0.818. The first kappa shape index (κ1) is 14.2. The Labute approximate surface area is 134 Å². The van der Waals surface area contributed by atoms with Crippen molar-refractivity contribution < 1.29 is 4.79 Å². The molecule has 2 aromatic heterocycles. The monoisotopic (exact) mass is 315 g/mol. The van der Waals surface area contributed by atoms with Crippen LogP contribution < -0.4 is 10.6 Å². The lowest BCUT2D eigenvalue weighted by Crippen LogP contribution is -2.44. The molecule has 4 heterocycles. The lowest BCUT2D eigenvalue weighted by atomic mass is 9.77. The van der Waals surface area contributed by atoms with Crippen LogP contribution in [-0.2, 0) is 11.8 Å². The van der Waals surface area contributed by atoms with Gasteiger partial charge in [0, 0.05) is 33.7 Å². The number of carbonyl (C=O) groups excluding carboxylic acids is 1. The number of hydrogen-bond donors (Lipinski definition) is 1. The van der Waals surface area contributed by atoms with Gasteiger partial charge >= 0.3 is 0 Å². The topological polar surface area (TPSA) is 93.2 Å². The van der Waals surface area contributed by atoms with Gasteiger partial charge < -0.3 is 15.5 Å². The number of nitrogen functional groups attached to an aromatic ring is 1. The van der Waals surface area contributed by atoms with Gasteiger partial charge in [0.15, 0.2) is 5.65 Å². The number of nitrogens with zero attached hydrogens (tertiary/aromatic N) is 6. The minimum Gasteiger partial charge on any atom is -0.368 e. The summed E-state index contributed by atoms with van der Waals surface area (Å²) in [4.78, 5) is 25.2. The summed E-state index contributed by atoms with van der Waals surface area (Å²) in [7, 11) is 3.74. The van der Waals surface area contributed by atoms with E-state index in [-0.39, 0.29) is 11.4 Å². The zero-order valence-corrected chi connectivity index (χ0v) is 13.5. The molecule has 1 spiro atoms. The number of aromatic nitrogens is 4. The van der Waals surface area contributed by atoms with Crippen LogP contribution in [0.4, 0.5) is 11.8 Å². The highest BCUT2D eigenvalue weighted by Gasteiger charge is 2.47. The second kappa shape index (κ2) is 4.81. The molecule has 1 amide bonds. The number of amides is 1. The number of likely N-dealkylation sites (tertiary alicyclic amines) is 1. The van der Waals surface area contributed by atoms with Crippen LogP contribution in [0.5, 0.6) is 0 Å². The van der Waals surface area contributed by atoms with Gasteiger partial charge in [-0.15, -0.1) is 0 Å². The van der Waals surface area contributed by atoms with Gasteiger partial charge in [-0.3, -0.25) is 9.48 Å². The molecule has 2 aromatic rings. The van der Waals surface area contributed by atoms with E-state index >= 15 is 0 Å². The molecule has 0 aliphatic carbocycles. The van der Waals surface area contributed by atoms with Crippen molar-refractivity contribution in [3.63, 3.8) is 0 Å². The Balaban J connectivity index is 1.63. The highest BCUT2D eigenvalue weighted by molar-refractivity contribution is 5.88. The summed E-state index contributed by atoms with van der Waals surface area (Å²) in [6, 6.07) is 0. The maximum absolute atomic E-state index is 12.4. The number of carbonyl (C=O) groups is 1. The van der Waals surface area contributed by atoms with Crippen molar-refractivity contribution >= 4 is 28.7 Å². The number of anilines is 2. The SMILES string of the molecule is CN1CCC2(CCN(c3nc(N)nc4c3cnn4C)CC2)C1=O. The molecule has 8 heteroatoms. The van der Waals surface area contributed by atoms with E-state index in [1.54, 1.807) is 10.9 Å². The van der Waals surface area contributed by atoms with Crippen LogP contribution in [0.2, 0.25) is 0 Å². The average Bonchev–Trinajstić information content (AvgIpc) is 3.04. The van der Waals surface area contributed by atoms with Gasteiger partial charge in [-0.25, -0.2) is 0 Å². The first-order valence-electron chi connectivity index (χ1n) is 7.96. The van der Waals surface area contributed by atoms with E-state index in [2.05, 4.69) is 20.0 Å². The minimum absolute atomic E-state index is 0.169. The lowest BCUT2D eigenvalue weighted by Gasteiger charge is -2.38. The molecule has 0 radical (unpaired) electrons. The molecular weight excluding hydrogens is 294 g/mol. The lowest BCUT2D eigenvalue weighted by molar-refractivity contribution is -0.135. The Kier molecular flexibility index (Phi) is 2.97. The summed E-state index contributed by atoms with van der Waals surface area (Å²) in [6.45, 7) is 2.48. The normalized spacial score (nSPS) is 20.9. The third-order valence-corrected chi connectivity index (χ3v) is 5.34. The fraction of sp³-hybridized carbons (Fsp3) is 0.600. The zero-order valence-electron chi connectivity index (χ0n) is 13.5. The van der Waals surface area contributed by atoms with Crippen molar-refractivity contribution in [2.24, 2.45) is 12.5 Å². The summed E-state index contributed by atoms with van der Waals surface area (Å²) in [6.07, 6.45) is 4.47. The van der Waals surface area contributed by atoms with Gasteiger partial charge in [-0.2, -0.15) is 15.1 Å². The van der Waals surface area contributed by atoms with Gasteiger partial charge in [0.05, 0.1) is 17.0 Å². The predicted octanol–water partition coefficient (Wildman–Crippen LogP) is 0.394. The third kappa shape index (κ3) is 2.04. The Hall–Kier alpha value is -2.38. The fourth-order valence-corrected chi connectivity index (χ4v) is 3.87. The van der Waals surface area contributed by atoms with Crippen molar-refractivity contribution in [2.75, 3.05) is 37.3 Å². The van der Waals surface area contributed by atoms with Crippen molar-refractivity contribution in [2.45, 2.75) is 19.3 Å². The van der Waals surface area contributed by atoms with Crippen molar-refractivity contribution in [1.82, 2.24) is 24.6 Å². The smallest absolute Gasteiger partial charge is 0.228 e. The van der Waals surface area contributed by atoms with Gasteiger partial charge in [-0.05, 0) is 19.3 Å². The molecule has 2 aliphatic rings. The van der Waals surface area contributed by atoms with E-state index in [9.17, 15) is 4.79 Å². The molecule has 2 N–H and O–H groups in total. The first-order chi connectivity index (χ1) is 11.0. The molecule has 0 aromatic carbocycles. The van der Waals surface area contributed by atoms with E-state index in [0.29, 0.717) is 5.91 Å². The highest BCUT2D eigenvalue weighted by Crippen LogP contribution is 2.42. The van der Waals surface area contributed by atoms with Gasteiger partial charge in [-0.1, -0.05) is 0 Å². The Morgan fingerprint density at radius 2 is 1.83 bits per heavy atom. The fourth-order valence-electron chi connectivity index (χ4n) is 3.87. The summed E-state index contributed by atoms with van der Waals surface area (Å²) < 4.78 is 1.71. The standard InChI is InChI=1S/C15H21N7O/c1-20-6-3-15(13(20)23)4-7-22(8-5-15)12-10-9-17-21(2)11(10)18-14(16)19-12/h9H,3-8H2,1-2H3,(H2,16,18,19). The maximum Gasteiger partial charge on any atom is 0.228 e. The largest absolute Gasteiger partial charge is 0.368 e. The number of aryl methyl sites for hydroxylation is 1. The number of fused-ring (bicyclic) bond motifs is 1. The van der Waals surface area contributed by atoms with Crippen molar-refractivity contribution in [3.05, 3.63) is 6.20 Å². The van der Waals surface area contributed by atoms with E-state index in [0.717, 1.165) is 55.7 Å². The molecule has 2 aliphatic heterocycles. The van der Waals surface area contributed by atoms with Crippen LogP contribution in [0.3, 0.4) is 0 Å². The van der Waals surface area contributed by atoms with E-state index in [1.165, 1.54) is 0 Å². The Morgan fingerprint density at radius 3 is 2.48 bits per heavy atom. The van der Waals surface area contributed by atoms with Crippen LogP contribution >= 0.6 is 0 Å². The number of piperidine rings is 1. The van der Waals surface area contributed by atoms with Crippen LogP contribution in [-0.4, -0.2) is 57.2 Å². The van der Waals surface area contributed by atoms with E-state index in [1.807, 2.05) is 19.0 Å².